The zero-order valence-corrected chi connectivity index (χ0v) is 14.7. The molecule has 0 spiro atoms. The molecule has 118 valence electrons. The Morgan fingerprint density at radius 2 is 2.20 bits per heavy atom. The van der Waals surface area contributed by atoms with Crippen molar-refractivity contribution in [3.05, 3.63) is 0 Å². The summed E-state index contributed by atoms with van der Waals surface area (Å²) in [4.78, 5) is 4.25. The maximum absolute atomic E-state index is 9.19. The topological polar surface area (TPSA) is 65.9 Å². The van der Waals surface area contributed by atoms with Crippen LogP contribution in [0.25, 0.3) is 0 Å². The van der Waals surface area contributed by atoms with Crippen LogP contribution >= 0.6 is 24.0 Å². The second-order valence-corrected chi connectivity index (χ2v) is 5.86. The molecule has 1 unspecified atom stereocenters. The Morgan fingerprint density at radius 1 is 1.40 bits per heavy atom. The molecule has 6 heteroatoms. The highest BCUT2D eigenvalue weighted by molar-refractivity contribution is 14.0. The van der Waals surface area contributed by atoms with Crippen LogP contribution in [0.3, 0.4) is 0 Å². The number of aliphatic hydroxyl groups is 1. The molecule has 2 fully saturated rings. The van der Waals surface area contributed by atoms with E-state index in [0.29, 0.717) is 0 Å². The molecule has 20 heavy (non-hydrogen) atoms. The van der Waals surface area contributed by atoms with Gasteiger partial charge in [0.1, 0.15) is 0 Å². The Kier molecular flexibility index (Phi) is 8.13. The third kappa shape index (κ3) is 5.73. The maximum atomic E-state index is 9.19. The number of hydrogen-bond donors (Lipinski definition) is 3. The Hall–Kier alpha value is -0.0800. The number of aliphatic imine (C=N–C) groups is 1. The van der Waals surface area contributed by atoms with Crippen LogP contribution in [0.15, 0.2) is 4.99 Å². The first kappa shape index (κ1) is 18.0. The van der Waals surface area contributed by atoms with Gasteiger partial charge in [0.25, 0.3) is 0 Å². The Labute approximate surface area is 139 Å². The predicted octanol–water partition coefficient (Wildman–Crippen LogP) is 1.36. The van der Waals surface area contributed by atoms with Gasteiger partial charge in [0, 0.05) is 38.8 Å². The fraction of sp³-hybridized carbons (Fsp3) is 0.929. The molecule has 1 heterocycles. The van der Waals surface area contributed by atoms with E-state index < -0.39 is 0 Å². The standard InChI is InChI=1S/C14H27N3O2.HI/c1-15-13(16-7-4-12-2-3-12)17-10-14(5-8-18)6-9-19-11-14;/h12,18H,2-11H2,1H3,(H2,15,16,17);1H. The lowest BCUT2D eigenvalue weighted by molar-refractivity contribution is 0.127. The summed E-state index contributed by atoms with van der Waals surface area (Å²) in [5, 5.41) is 15.9. The number of hydrogen-bond acceptors (Lipinski definition) is 3. The minimum absolute atomic E-state index is 0. The molecule has 1 saturated carbocycles. The van der Waals surface area contributed by atoms with Crippen molar-refractivity contribution in [2.24, 2.45) is 16.3 Å². The van der Waals surface area contributed by atoms with Crippen molar-refractivity contribution < 1.29 is 9.84 Å². The zero-order valence-electron chi connectivity index (χ0n) is 12.4. The van der Waals surface area contributed by atoms with E-state index in [4.69, 9.17) is 4.74 Å². The van der Waals surface area contributed by atoms with E-state index in [1.54, 1.807) is 7.05 Å². The SMILES string of the molecule is CN=C(NCCC1CC1)NCC1(CCO)CCOC1.I. The molecule has 0 aromatic rings. The summed E-state index contributed by atoms with van der Waals surface area (Å²) >= 11 is 0. The van der Waals surface area contributed by atoms with Gasteiger partial charge >= 0.3 is 0 Å². The fourth-order valence-electron chi connectivity index (χ4n) is 2.60. The van der Waals surface area contributed by atoms with Crippen LogP contribution in [0.5, 0.6) is 0 Å². The van der Waals surface area contributed by atoms with Crippen molar-refractivity contribution in [2.75, 3.05) is 40.0 Å². The van der Waals surface area contributed by atoms with Gasteiger partial charge in [0.05, 0.1) is 6.61 Å². The molecule has 1 aliphatic carbocycles. The summed E-state index contributed by atoms with van der Waals surface area (Å²) in [6.07, 6.45) is 5.83. The number of nitrogens with one attached hydrogen (secondary N) is 2. The lowest BCUT2D eigenvalue weighted by Gasteiger charge is -2.27. The normalized spacial score (nSPS) is 26.2. The molecule has 1 aliphatic heterocycles. The first-order valence-electron chi connectivity index (χ1n) is 7.41. The lowest BCUT2D eigenvalue weighted by atomic mass is 9.84. The van der Waals surface area contributed by atoms with E-state index in [2.05, 4.69) is 15.6 Å². The van der Waals surface area contributed by atoms with Crippen LogP contribution in [0.4, 0.5) is 0 Å². The first-order valence-corrected chi connectivity index (χ1v) is 7.41. The average molecular weight is 397 g/mol. The molecule has 0 amide bonds. The monoisotopic (exact) mass is 397 g/mol. The molecule has 2 rings (SSSR count). The number of rotatable bonds is 7. The quantitative estimate of drug-likeness (QED) is 0.345. The van der Waals surface area contributed by atoms with Crippen LogP contribution in [0.2, 0.25) is 0 Å². The zero-order chi connectivity index (χ0) is 13.6. The van der Waals surface area contributed by atoms with Crippen LogP contribution in [0, 0.1) is 11.3 Å². The molecule has 0 aromatic carbocycles. The lowest BCUT2D eigenvalue weighted by Crippen LogP contribution is -2.44. The Bertz CT molecular complexity index is 303. The Balaban J connectivity index is 0.00000200. The number of nitrogens with zero attached hydrogens (tertiary/aromatic N) is 1. The fourth-order valence-corrected chi connectivity index (χ4v) is 2.60. The van der Waals surface area contributed by atoms with Crippen molar-refractivity contribution >= 4 is 29.9 Å². The molecule has 0 radical (unpaired) electrons. The smallest absolute Gasteiger partial charge is 0.190 e. The summed E-state index contributed by atoms with van der Waals surface area (Å²) < 4.78 is 5.49. The van der Waals surface area contributed by atoms with E-state index in [9.17, 15) is 5.11 Å². The van der Waals surface area contributed by atoms with Crippen LogP contribution in [-0.4, -0.2) is 51.0 Å². The summed E-state index contributed by atoms with van der Waals surface area (Å²) in [7, 11) is 1.80. The highest BCUT2D eigenvalue weighted by Gasteiger charge is 2.34. The molecule has 0 aromatic heterocycles. The molecule has 1 atom stereocenters. The highest BCUT2D eigenvalue weighted by atomic mass is 127. The van der Waals surface area contributed by atoms with E-state index in [-0.39, 0.29) is 36.0 Å². The molecule has 3 N–H and O–H groups in total. The minimum Gasteiger partial charge on any atom is -0.396 e. The van der Waals surface area contributed by atoms with Gasteiger partial charge in [-0.15, -0.1) is 24.0 Å². The van der Waals surface area contributed by atoms with Crippen LogP contribution in [0.1, 0.15) is 32.1 Å². The molecule has 0 bridgehead atoms. The van der Waals surface area contributed by atoms with Crippen molar-refractivity contribution in [1.82, 2.24) is 10.6 Å². The van der Waals surface area contributed by atoms with Gasteiger partial charge in [-0.25, -0.2) is 0 Å². The van der Waals surface area contributed by atoms with Gasteiger partial charge in [0.15, 0.2) is 5.96 Å². The predicted molar refractivity (Wildman–Crippen MR) is 91.7 cm³/mol. The second-order valence-electron chi connectivity index (χ2n) is 5.86. The second kappa shape index (κ2) is 9.04. The molecule has 5 nitrogen and oxygen atoms in total. The van der Waals surface area contributed by atoms with Gasteiger partial charge in [-0.2, -0.15) is 0 Å². The number of ether oxygens (including phenoxy) is 1. The van der Waals surface area contributed by atoms with E-state index in [1.807, 2.05) is 0 Å². The number of halogens is 1. The summed E-state index contributed by atoms with van der Waals surface area (Å²) in [5.74, 6) is 1.81. The molecule has 2 aliphatic rings. The largest absolute Gasteiger partial charge is 0.396 e. The van der Waals surface area contributed by atoms with Crippen molar-refractivity contribution in [2.45, 2.75) is 32.1 Å². The van der Waals surface area contributed by atoms with Crippen molar-refractivity contribution in [3.63, 3.8) is 0 Å². The van der Waals surface area contributed by atoms with Gasteiger partial charge in [-0.05, 0) is 25.2 Å². The maximum Gasteiger partial charge on any atom is 0.190 e. The van der Waals surface area contributed by atoms with E-state index in [1.165, 1.54) is 19.3 Å². The molecular formula is C14H28IN3O2. The third-order valence-electron chi connectivity index (χ3n) is 4.22. The molecule has 1 saturated heterocycles. The summed E-state index contributed by atoms with van der Waals surface area (Å²) in [5.41, 5.74) is 0.0723. The number of guanidine groups is 1. The van der Waals surface area contributed by atoms with Gasteiger partial charge in [-0.3, -0.25) is 4.99 Å². The molecular weight excluding hydrogens is 369 g/mol. The van der Waals surface area contributed by atoms with Crippen LogP contribution in [-0.2, 0) is 4.74 Å². The average Bonchev–Trinajstić information content (AvgIpc) is 3.13. The summed E-state index contributed by atoms with van der Waals surface area (Å²) in [6, 6.07) is 0. The van der Waals surface area contributed by atoms with Gasteiger partial charge in [0.2, 0.25) is 0 Å². The van der Waals surface area contributed by atoms with Crippen LogP contribution < -0.4 is 10.6 Å². The summed E-state index contributed by atoms with van der Waals surface area (Å²) in [6.45, 7) is 3.57. The minimum atomic E-state index is 0. The first-order chi connectivity index (χ1) is 9.28. The van der Waals surface area contributed by atoms with Crippen molar-refractivity contribution in [3.8, 4) is 0 Å². The highest BCUT2D eigenvalue weighted by Crippen LogP contribution is 2.32. The van der Waals surface area contributed by atoms with E-state index in [0.717, 1.165) is 51.0 Å². The van der Waals surface area contributed by atoms with Gasteiger partial charge in [-0.1, -0.05) is 12.8 Å². The van der Waals surface area contributed by atoms with Gasteiger partial charge < -0.3 is 20.5 Å². The van der Waals surface area contributed by atoms with Crippen molar-refractivity contribution in [1.29, 1.82) is 0 Å². The Morgan fingerprint density at radius 3 is 2.75 bits per heavy atom. The third-order valence-corrected chi connectivity index (χ3v) is 4.22. The number of aliphatic hydroxyl groups excluding tert-OH is 1. The van der Waals surface area contributed by atoms with E-state index >= 15 is 0 Å².